The van der Waals surface area contributed by atoms with Crippen LogP contribution in [0.4, 0.5) is 5.69 Å². The van der Waals surface area contributed by atoms with E-state index in [-0.39, 0.29) is 12.3 Å². The van der Waals surface area contributed by atoms with Gasteiger partial charge in [0, 0.05) is 11.6 Å². The van der Waals surface area contributed by atoms with Gasteiger partial charge in [0.1, 0.15) is 5.75 Å². The molecule has 1 heterocycles. The van der Waals surface area contributed by atoms with Crippen molar-refractivity contribution in [2.45, 2.75) is 38.7 Å². The molecule has 0 fully saturated rings. The largest absolute Gasteiger partial charge is 0.475 e. The standard InChI is InChI=1S/C15H17ClN2O2/c1-3-15(4-2)14(19)18(9-5-8-17)12-10-11(16)6-7-13(12)20-15/h6-7,10H,3-5,9H2,1-2H3. The molecule has 0 N–H and O–H groups in total. The summed E-state index contributed by atoms with van der Waals surface area (Å²) in [6.45, 7) is 4.23. The highest BCUT2D eigenvalue weighted by atomic mass is 35.5. The normalized spacial score (nSPS) is 16.3. The van der Waals surface area contributed by atoms with Gasteiger partial charge in [0.25, 0.3) is 5.91 Å². The summed E-state index contributed by atoms with van der Waals surface area (Å²) in [6, 6.07) is 7.31. The van der Waals surface area contributed by atoms with E-state index >= 15 is 0 Å². The Hall–Kier alpha value is -1.73. The molecule has 1 amide bonds. The van der Waals surface area contributed by atoms with Crippen LogP contribution in [0.15, 0.2) is 18.2 Å². The summed E-state index contributed by atoms with van der Waals surface area (Å²) in [7, 11) is 0. The van der Waals surface area contributed by atoms with E-state index in [9.17, 15) is 4.79 Å². The fourth-order valence-corrected chi connectivity index (χ4v) is 2.64. The number of fused-ring (bicyclic) bond motifs is 1. The highest BCUT2D eigenvalue weighted by molar-refractivity contribution is 6.31. The lowest BCUT2D eigenvalue weighted by Gasteiger charge is -2.41. The van der Waals surface area contributed by atoms with Crippen LogP contribution < -0.4 is 9.64 Å². The third kappa shape index (κ3) is 2.34. The molecule has 5 heteroatoms. The number of carbonyl (C=O) groups excluding carboxylic acids is 1. The number of hydrogen-bond acceptors (Lipinski definition) is 3. The molecule has 0 radical (unpaired) electrons. The third-order valence-corrected chi connectivity index (χ3v) is 3.98. The number of hydrogen-bond donors (Lipinski definition) is 0. The maximum atomic E-state index is 12.7. The van der Waals surface area contributed by atoms with Gasteiger partial charge in [-0.1, -0.05) is 25.4 Å². The second-order valence-electron chi connectivity index (χ2n) is 4.78. The molecule has 0 aromatic heterocycles. The van der Waals surface area contributed by atoms with Gasteiger partial charge in [0.15, 0.2) is 5.60 Å². The van der Waals surface area contributed by atoms with E-state index in [1.165, 1.54) is 0 Å². The topological polar surface area (TPSA) is 53.3 Å². The van der Waals surface area contributed by atoms with Crippen LogP contribution in [-0.4, -0.2) is 18.1 Å². The first-order valence-electron chi connectivity index (χ1n) is 6.75. The molecule has 1 aromatic rings. The number of halogens is 1. The van der Waals surface area contributed by atoms with Crippen molar-refractivity contribution >= 4 is 23.2 Å². The van der Waals surface area contributed by atoms with Crippen LogP contribution in [0.3, 0.4) is 0 Å². The van der Waals surface area contributed by atoms with Gasteiger partial charge in [0.2, 0.25) is 0 Å². The predicted molar refractivity (Wildman–Crippen MR) is 78.0 cm³/mol. The van der Waals surface area contributed by atoms with Crippen LogP contribution in [0.5, 0.6) is 5.75 Å². The summed E-state index contributed by atoms with van der Waals surface area (Å²) < 4.78 is 5.96. The van der Waals surface area contributed by atoms with Crippen LogP contribution in [0.1, 0.15) is 33.1 Å². The van der Waals surface area contributed by atoms with Gasteiger partial charge >= 0.3 is 0 Å². The SMILES string of the molecule is CCC1(CC)Oc2ccc(Cl)cc2N(CCC#N)C1=O. The second kappa shape index (κ2) is 5.72. The zero-order valence-corrected chi connectivity index (χ0v) is 12.4. The van der Waals surface area contributed by atoms with Gasteiger partial charge in [0.05, 0.1) is 18.2 Å². The lowest BCUT2D eigenvalue weighted by atomic mass is 9.92. The molecule has 0 aliphatic carbocycles. The lowest BCUT2D eigenvalue weighted by Crippen LogP contribution is -2.55. The zero-order valence-electron chi connectivity index (χ0n) is 11.6. The number of rotatable bonds is 4. The first-order chi connectivity index (χ1) is 9.57. The molecule has 0 bridgehead atoms. The van der Waals surface area contributed by atoms with E-state index in [4.69, 9.17) is 21.6 Å². The quantitative estimate of drug-likeness (QED) is 0.853. The van der Waals surface area contributed by atoms with Crippen LogP contribution in [0, 0.1) is 11.3 Å². The van der Waals surface area contributed by atoms with Crippen LogP contribution in [0.2, 0.25) is 5.02 Å². The Morgan fingerprint density at radius 1 is 1.40 bits per heavy atom. The minimum Gasteiger partial charge on any atom is -0.475 e. The average Bonchev–Trinajstić information content (AvgIpc) is 2.46. The maximum absolute atomic E-state index is 12.7. The fraction of sp³-hybridized carbons (Fsp3) is 0.467. The summed E-state index contributed by atoms with van der Waals surface area (Å²) in [5, 5.41) is 9.33. The monoisotopic (exact) mass is 292 g/mol. The minimum absolute atomic E-state index is 0.0903. The Bertz CT molecular complexity index is 561. The van der Waals surface area contributed by atoms with Crippen molar-refractivity contribution in [2.24, 2.45) is 0 Å². The third-order valence-electron chi connectivity index (χ3n) is 3.74. The second-order valence-corrected chi connectivity index (χ2v) is 5.22. The molecular formula is C15H17ClN2O2. The summed E-state index contributed by atoms with van der Waals surface area (Å²) in [4.78, 5) is 14.4. The van der Waals surface area contributed by atoms with E-state index in [0.29, 0.717) is 35.8 Å². The van der Waals surface area contributed by atoms with Crippen LogP contribution >= 0.6 is 11.6 Å². The molecule has 2 rings (SSSR count). The van der Waals surface area contributed by atoms with E-state index in [2.05, 4.69) is 6.07 Å². The summed E-state index contributed by atoms with van der Waals surface area (Å²) in [6.07, 6.45) is 1.46. The van der Waals surface area contributed by atoms with Crippen molar-refractivity contribution in [3.63, 3.8) is 0 Å². The summed E-state index contributed by atoms with van der Waals surface area (Å²) in [5.41, 5.74) is -0.189. The van der Waals surface area contributed by atoms with Gasteiger partial charge in [-0.05, 0) is 31.0 Å². The highest BCUT2D eigenvalue weighted by Gasteiger charge is 2.45. The molecule has 0 atom stereocenters. The van der Waals surface area contributed by atoms with Crippen molar-refractivity contribution in [3.05, 3.63) is 23.2 Å². The first kappa shape index (κ1) is 14.7. The van der Waals surface area contributed by atoms with Gasteiger partial charge in [-0.2, -0.15) is 5.26 Å². The van der Waals surface area contributed by atoms with Gasteiger partial charge < -0.3 is 9.64 Å². The molecular weight excluding hydrogens is 276 g/mol. The smallest absolute Gasteiger partial charge is 0.271 e. The zero-order chi connectivity index (χ0) is 14.8. The predicted octanol–water partition coefficient (Wildman–Crippen LogP) is 3.54. The first-order valence-corrected chi connectivity index (χ1v) is 7.13. The molecule has 1 aromatic carbocycles. The Balaban J connectivity index is 2.50. The van der Waals surface area contributed by atoms with Crippen LogP contribution in [-0.2, 0) is 4.79 Å². The number of nitriles is 1. The van der Waals surface area contributed by atoms with Gasteiger partial charge in [-0.25, -0.2) is 0 Å². The number of amides is 1. The van der Waals surface area contributed by atoms with Crippen LogP contribution in [0.25, 0.3) is 0 Å². The Morgan fingerprint density at radius 2 is 2.10 bits per heavy atom. The van der Waals surface area contributed by atoms with Crippen molar-refractivity contribution < 1.29 is 9.53 Å². The summed E-state index contributed by atoms with van der Waals surface area (Å²) >= 11 is 6.00. The molecule has 1 aliphatic heterocycles. The van der Waals surface area contributed by atoms with E-state index in [1.807, 2.05) is 13.8 Å². The molecule has 0 unspecified atom stereocenters. The molecule has 4 nitrogen and oxygen atoms in total. The van der Waals surface area contributed by atoms with E-state index in [1.54, 1.807) is 23.1 Å². The number of ether oxygens (including phenoxy) is 1. The van der Waals surface area contributed by atoms with E-state index in [0.717, 1.165) is 0 Å². The molecule has 20 heavy (non-hydrogen) atoms. The van der Waals surface area contributed by atoms with Crippen molar-refractivity contribution in [1.82, 2.24) is 0 Å². The molecule has 0 spiro atoms. The van der Waals surface area contributed by atoms with Gasteiger partial charge in [-0.15, -0.1) is 0 Å². The van der Waals surface area contributed by atoms with Crippen molar-refractivity contribution in [2.75, 3.05) is 11.4 Å². The number of anilines is 1. The molecule has 106 valence electrons. The molecule has 0 saturated carbocycles. The Morgan fingerprint density at radius 3 is 2.70 bits per heavy atom. The average molecular weight is 293 g/mol. The minimum atomic E-state index is -0.837. The fourth-order valence-electron chi connectivity index (χ4n) is 2.48. The van der Waals surface area contributed by atoms with E-state index < -0.39 is 5.60 Å². The number of nitrogens with zero attached hydrogens (tertiary/aromatic N) is 2. The molecule has 0 saturated heterocycles. The highest BCUT2D eigenvalue weighted by Crippen LogP contribution is 2.41. The number of carbonyl (C=O) groups is 1. The number of benzene rings is 1. The molecule has 1 aliphatic rings. The van der Waals surface area contributed by atoms with Crippen molar-refractivity contribution in [3.8, 4) is 11.8 Å². The Kier molecular flexibility index (Phi) is 4.20. The maximum Gasteiger partial charge on any atom is 0.271 e. The van der Waals surface area contributed by atoms with Crippen molar-refractivity contribution in [1.29, 1.82) is 5.26 Å². The van der Waals surface area contributed by atoms with Gasteiger partial charge in [-0.3, -0.25) is 4.79 Å². The summed E-state index contributed by atoms with van der Waals surface area (Å²) in [5.74, 6) is 0.558. The lowest BCUT2D eigenvalue weighted by molar-refractivity contribution is -0.136. The Labute approximate surface area is 123 Å².